The number of carbonyl (C=O) groups is 1. The van der Waals surface area contributed by atoms with Gasteiger partial charge in [0.1, 0.15) is 29.8 Å². The highest BCUT2D eigenvalue weighted by Gasteiger charge is 2.19. The molecule has 0 spiro atoms. The first-order valence-electron chi connectivity index (χ1n) is 10.3. The first kappa shape index (κ1) is 21.0. The lowest BCUT2D eigenvalue weighted by Crippen LogP contribution is -2.28. The van der Waals surface area contributed by atoms with Gasteiger partial charge in [0.05, 0.1) is 12.4 Å². The fourth-order valence-electron chi connectivity index (χ4n) is 3.32. The monoisotopic (exact) mass is 402 g/mol. The molecule has 9 nitrogen and oxygen atoms in total. The SMILES string of the molecule is CCCCN(C)C(=O)OCc1c(-c2cnc(OC3CCCCC3)cn2)nnn1C. The number of ether oxygens (including phenoxy) is 2. The topological polar surface area (TPSA) is 95.3 Å². The van der Waals surface area contributed by atoms with Crippen molar-refractivity contribution in [2.24, 2.45) is 7.05 Å². The summed E-state index contributed by atoms with van der Waals surface area (Å²) in [6, 6.07) is 0. The van der Waals surface area contributed by atoms with Crippen LogP contribution in [-0.4, -0.2) is 55.7 Å². The van der Waals surface area contributed by atoms with E-state index < -0.39 is 0 Å². The predicted octanol–water partition coefficient (Wildman–Crippen LogP) is 3.35. The summed E-state index contributed by atoms with van der Waals surface area (Å²) < 4.78 is 12.9. The standard InChI is InChI=1S/C20H30N6O3/c1-4-5-11-25(2)20(27)28-14-17-19(23-24-26(17)3)16-12-22-18(13-21-16)29-15-9-7-6-8-10-15/h12-13,15H,4-11,14H2,1-3H3. The summed E-state index contributed by atoms with van der Waals surface area (Å²) in [6.07, 6.45) is 10.9. The molecule has 158 valence electrons. The Balaban J connectivity index is 1.63. The summed E-state index contributed by atoms with van der Waals surface area (Å²) in [4.78, 5) is 22.5. The van der Waals surface area contributed by atoms with Crippen LogP contribution in [0.25, 0.3) is 11.4 Å². The summed E-state index contributed by atoms with van der Waals surface area (Å²) in [5.74, 6) is 0.523. The molecular weight excluding hydrogens is 372 g/mol. The van der Waals surface area contributed by atoms with E-state index >= 15 is 0 Å². The van der Waals surface area contributed by atoms with Crippen molar-refractivity contribution < 1.29 is 14.3 Å². The first-order valence-corrected chi connectivity index (χ1v) is 10.3. The average Bonchev–Trinajstić information content (AvgIpc) is 3.11. The second kappa shape index (κ2) is 10.2. The molecule has 0 aliphatic heterocycles. The third-order valence-corrected chi connectivity index (χ3v) is 5.14. The molecule has 1 saturated carbocycles. The van der Waals surface area contributed by atoms with Crippen molar-refractivity contribution in [3.8, 4) is 17.3 Å². The number of hydrogen-bond donors (Lipinski definition) is 0. The number of unbranched alkanes of at least 4 members (excludes halogenated alkanes) is 1. The predicted molar refractivity (Wildman–Crippen MR) is 107 cm³/mol. The van der Waals surface area contributed by atoms with Gasteiger partial charge in [0.15, 0.2) is 0 Å². The highest BCUT2D eigenvalue weighted by Crippen LogP contribution is 2.24. The minimum atomic E-state index is -0.368. The van der Waals surface area contributed by atoms with E-state index in [9.17, 15) is 4.79 Å². The third-order valence-electron chi connectivity index (χ3n) is 5.14. The molecule has 0 atom stereocenters. The molecule has 0 N–H and O–H groups in total. The van der Waals surface area contributed by atoms with Crippen molar-refractivity contribution in [1.82, 2.24) is 29.9 Å². The van der Waals surface area contributed by atoms with Crippen molar-refractivity contribution in [3.63, 3.8) is 0 Å². The zero-order valence-electron chi connectivity index (χ0n) is 17.5. The maximum atomic E-state index is 12.1. The van der Waals surface area contributed by atoms with Crippen LogP contribution in [0.2, 0.25) is 0 Å². The van der Waals surface area contributed by atoms with E-state index in [-0.39, 0.29) is 18.8 Å². The van der Waals surface area contributed by atoms with E-state index in [2.05, 4.69) is 27.2 Å². The van der Waals surface area contributed by atoms with Gasteiger partial charge in [0.25, 0.3) is 0 Å². The molecule has 1 aliphatic carbocycles. The Morgan fingerprint density at radius 1 is 1.24 bits per heavy atom. The van der Waals surface area contributed by atoms with Crippen LogP contribution in [0.3, 0.4) is 0 Å². The van der Waals surface area contributed by atoms with Crippen LogP contribution in [-0.2, 0) is 18.4 Å². The minimum absolute atomic E-state index is 0.0656. The molecule has 3 rings (SSSR count). The number of rotatable bonds is 8. The molecule has 0 aromatic carbocycles. The fourth-order valence-corrected chi connectivity index (χ4v) is 3.32. The number of carbonyl (C=O) groups excluding carboxylic acids is 1. The summed E-state index contributed by atoms with van der Waals surface area (Å²) in [7, 11) is 3.49. The Morgan fingerprint density at radius 2 is 2.03 bits per heavy atom. The van der Waals surface area contributed by atoms with Gasteiger partial charge >= 0.3 is 6.09 Å². The number of amides is 1. The Kier molecular flexibility index (Phi) is 7.37. The lowest BCUT2D eigenvalue weighted by Gasteiger charge is -2.22. The van der Waals surface area contributed by atoms with Crippen LogP contribution in [0.4, 0.5) is 4.79 Å². The first-order chi connectivity index (χ1) is 14.1. The van der Waals surface area contributed by atoms with Crippen molar-refractivity contribution in [1.29, 1.82) is 0 Å². The minimum Gasteiger partial charge on any atom is -0.473 e. The van der Waals surface area contributed by atoms with Crippen molar-refractivity contribution >= 4 is 6.09 Å². The van der Waals surface area contributed by atoms with Crippen LogP contribution in [0, 0.1) is 0 Å². The van der Waals surface area contributed by atoms with E-state index in [1.54, 1.807) is 36.1 Å². The largest absolute Gasteiger partial charge is 0.473 e. The van der Waals surface area contributed by atoms with Gasteiger partial charge in [0.2, 0.25) is 5.88 Å². The fraction of sp³-hybridized carbons (Fsp3) is 0.650. The molecule has 29 heavy (non-hydrogen) atoms. The van der Waals surface area contributed by atoms with Crippen LogP contribution in [0.15, 0.2) is 12.4 Å². The van der Waals surface area contributed by atoms with Crippen LogP contribution in [0.1, 0.15) is 57.6 Å². The molecule has 1 amide bonds. The molecule has 9 heteroatoms. The van der Waals surface area contributed by atoms with Gasteiger partial charge in [-0.2, -0.15) is 0 Å². The quantitative estimate of drug-likeness (QED) is 0.668. The maximum Gasteiger partial charge on any atom is 0.409 e. The Hall–Kier alpha value is -2.71. The lowest BCUT2D eigenvalue weighted by atomic mass is 9.98. The molecule has 2 aromatic heterocycles. The third kappa shape index (κ3) is 5.65. The number of aromatic nitrogens is 5. The highest BCUT2D eigenvalue weighted by molar-refractivity contribution is 5.67. The van der Waals surface area contributed by atoms with E-state index in [4.69, 9.17) is 9.47 Å². The summed E-state index contributed by atoms with van der Waals surface area (Å²) in [5, 5.41) is 8.21. The van der Waals surface area contributed by atoms with Gasteiger partial charge in [-0.25, -0.2) is 19.4 Å². The van der Waals surface area contributed by atoms with E-state index in [1.165, 1.54) is 19.3 Å². The van der Waals surface area contributed by atoms with E-state index in [0.29, 0.717) is 29.5 Å². The number of nitrogens with zero attached hydrogens (tertiary/aromatic N) is 6. The average molecular weight is 402 g/mol. The zero-order chi connectivity index (χ0) is 20.6. The normalized spacial score (nSPS) is 14.6. The number of hydrogen-bond acceptors (Lipinski definition) is 7. The summed E-state index contributed by atoms with van der Waals surface area (Å²) >= 11 is 0. The molecule has 0 unspecified atom stereocenters. The van der Waals surface area contributed by atoms with Gasteiger partial charge in [-0.1, -0.05) is 25.0 Å². The summed E-state index contributed by atoms with van der Waals surface area (Å²) in [5.41, 5.74) is 1.78. The molecule has 2 aromatic rings. The van der Waals surface area contributed by atoms with Gasteiger partial charge in [0, 0.05) is 20.6 Å². The van der Waals surface area contributed by atoms with E-state index in [0.717, 1.165) is 25.7 Å². The molecule has 1 aliphatic rings. The van der Waals surface area contributed by atoms with Gasteiger partial charge in [-0.3, -0.25) is 0 Å². The molecule has 0 radical (unpaired) electrons. The van der Waals surface area contributed by atoms with Crippen molar-refractivity contribution in [2.45, 2.75) is 64.6 Å². The zero-order valence-corrected chi connectivity index (χ0v) is 17.5. The second-order valence-electron chi connectivity index (χ2n) is 7.46. The molecule has 1 fully saturated rings. The Morgan fingerprint density at radius 3 is 2.72 bits per heavy atom. The smallest absolute Gasteiger partial charge is 0.409 e. The van der Waals surface area contributed by atoms with Gasteiger partial charge in [-0.15, -0.1) is 5.10 Å². The Labute approximate surface area is 171 Å². The molecule has 0 saturated heterocycles. The lowest BCUT2D eigenvalue weighted by molar-refractivity contribution is 0.102. The second-order valence-corrected chi connectivity index (χ2v) is 7.46. The van der Waals surface area contributed by atoms with Crippen LogP contribution in [0.5, 0.6) is 5.88 Å². The van der Waals surface area contributed by atoms with Crippen LogP contribution >= 0.6 is 0 Å². The highest BCUT2D eigenvalue weighted by atomic mass is 16.6. The van der Waals surface area contributed by atoms with Gasteiger partial charge in [-0.05, 0) is 32.1 Å². The van der Waals surface area contributed by atoms with Crippen LogP contribution < -0.4 is 4.74 Å². The van der Waals surface area contributed by atoms with Crippen molar-refractivity contribution in [2.75, 3.05) is 13.6 Å². The Bertz CT molecular complexity index is 786. The molecule has 0 bridgehead atoms. The molecule has 2 heterocycles. The van der Waals surface area contributed by atoms with E-state index in [1.807, 2.05) is 0 Å². The number of aryl methyl sites for hydroxylation is 1. The summed E-state index contributed by atoms with van der Waals surface area (Å²) in [6.45, 7) is 2.81. The molecular formula is C20H30N6O3. The maximum absolute atomic E-state index is 12.1. The van der Waals surface area contributed by atoms with Gasteiger partial charge < -0.3 is 14.4 Å². The van der Waals surface area contributed by atoms with Crippen molar-refractivity contribution in [3.05, 3.63) is 18.1 Å².